The molecule has 0 aromatic heterocycles. The van der Waals surface area contributed by atoms with Gasteiger partial charge in [0.15, 0.2) is 0 Å². The highest BCUT2D eigenvalue weighted by atomic mass is 15.2. The zero-order valence-corrected chi connectivity index (χ0v) is 9.51. The van der Waals surface area contributed by atoms with Gasteiger partial charge in [0.1, 0.15) is 0 Å². The van der Waals surface area contributed by atoms with Crippen molar-refractivity contribution in [3.05, 3.63) is 0 Å². The minimum Gasteiger partial charge on any atom is -0.330 e. The third kappa shape index (κ3) is 2.44. The van der Waals surface area contributed by atoms with Crippen LogP contribution in [0.15, 0.2) is 0 Å². The van der Waals surface area contributed by atoms with E-state index >= 15 is 0 Å². The molecule has 2 N–H and O–H groups in total. The first-order valence-electron chi connectivity index (χ1n) is 5.44. The van der Waals surface area contributed by atoms with Gasteiger partial charge in [-0.1, -0.05) is 0 Å². The normalized spacial score (nSPS) is 28.6. The first-order chi connectivity index (χ1) is 5.97. The Morgan fingerprint density at radius 1 is 1.46 bits per heavy atom. The predicted molar refractivity (Wildman–Crippen MR) is 57.7 cm³/mol. The second-order valence-corrected chi connectivity index (χ2v) is 5.21. The first-order valence-corrected chi connectivity index (χ1v) is 5.44. The van der Waals surface area contributed by atoms with Gasteiger partial charge in [0, 0.05) is 18.1 Å². The summed E-state index contributed by atoms with van der Waals surface area (Å²) >= 11 is 0. The van der Waals surface area contributed by atoms with Gasteiger partial charge in [-0.05, 0) is 53.0 Å². The summed E-state index contributed by atoms with van der Waals surface area (Å²) in [7, 11) is 0. The van der Waals surface area contributed by atoms with E-state index in [0.29, 0.717) is 11.6 Å². The fourth-order valence-corrected chi connectivity index (χ4v) is 2.75. The van der Waals surface area contributed by atoms with Gasteiger partial charge in [-0.2, -0.15) is 0 Å². The molecule has 78 valence electrons. The maximum atomic E-state index is 5.60. The Bertz CT molecular complexity index is 163. The van der Waals surface area contributed by atoms with Crippen LogP contribution < -0.4 is 5.73 Å². The molecule has 1 rings (SSSR count). The van der Waals surface area contributed by atoms with E-state index < -0.39 is 0 Å². The summed E-state index contributed by atoms with van der Waals surface area (Å²) in [5.74, 6) is 0.822. The lowest BCUT2D eigenvalue weighted by atomic mass is 9.94. The van der Waals surface area contributed by atoms with Gasteiger partial charge in [0.2, 0.25) is 0 Å². The number of hydrogen-bond donors (Lipinski definition) is 1. The van der Waals surface area contributed by atoms with Gasteiger partial charge in [0.25, 0.3) is 0 Å². The summed E-state index contributed by atoms with van der Waals surface area (Å²) in [5, 5.41) is 0. The van der Waals surface area contributed by atoms with Crippen LogP contribution in [0, 0.1) is 5.92 Å². The summed E-state index contributed by atoms with van der Waals surface area (Å²) < 4.78 is 0. The third-order valence-corrected chi connectivity index (χ3v) is 3.22. The molecule has 1 aliphatic rings. The molecule has 1 fully saturated rings. The number of nitrogens with zero attached hydrogens (tertiary/aromatic N) is 1. The Hall–Kier alpha value is -0.0800. The van der Waals surface area contributed by atoms with E-state index in [2.05, 4.69) is 32.6 Å². The molecular weight excluding hydrogens is 160 g/mol. The molecule has 0 saturated carbocycles. The molecule has 0 aliphatic carbocycles. The second kappa shape index (κ2) is 3.97. The van der Waals surface area contributed by atoms with E-state index in [4.69, 9.17) is 5.73 Å². The van der Waals surface area contributed by atoms with E-state index in [1.54, 1.807) is 0 Å². The number of likely N-dealkylation sites (tertiary alicyclic amines) is 1. The fraction of sp³-hybridized carbons (Fsp3) is 1.00. The van der Waals surface area contributed by atoms with Crippen molar-refractivity contribution in [2.75, 3.05) is 13.1 Å². The summed E-state index contributed by atoms with van der Waals surface area (Å²) in [4.78, 5) is 2.60. The molecule has 0 aromatic rings. The zero-order valence-electron chi connectivity index (χ0n) is 9.51. The molecule has 1 heterocycles. The van der Waals surface area contributed by atoms with Crippen molar-refractivity contribution in [2.24, 2.45) is 11.7 Å². The summed E-state index contributed by atoms with van der Waals surface area (Å²) in [6, 6.07) is 0.665. The smallest absolute Gasteiger partial charge is 0.0159 e. The Labute approximate surface area is 82.5 Å². The van der Waals surface area contributed by atoms with Gasteiger partial charge in [-0.3, -0.25) is 4.90 Å². The van der Waals surface area contributed by atoms with E-state index in [1.165, 1.54) is 19.4 Å². The minimum absolute atomic E-state index is 0.383. The van der Waals surface area contributed by atoms with Gasteiger partial charge in [-0.25, -0.2) is 0 Å². The fourth-order valence-electron chi connectivity index (χ4n) is 2.75. The van der Waals surface area contributed by atoms with Crippen LogP contribution >= 0.6 is 0 Å². The summed E-state index contributed by atoms with van der Waals surface area (Å²) in [5.41, 5.74) is 5.98. The molecule has 1 atom stereocenters. The highest BCUT2D eigenvalue weighted by molar-refractivity contribution is 4.94. The number of rotatable bonds is 3. The molecular formula is C11H24N2. The highest BCUT2D eigenvalue weighted by Gasteiger charge is 2.38. The molecule has 2 heteroatoms. The largest absolute Gasteiger partial charge is 0.330 e. The molecule has 0 aromatic carbocycles. The van der Waals surface area contributed by atoms with Gasteiger partial charge < -0.3 is 5.73 Å². The average molecular weight is 184 g/mol. The number of nitrogens with two attached hydrogens (primary N) is 1. The standard InChI is InChI=1S/C11H24N2/c1-9(2)13-8-10(5-6-12)7-11(13,3)4/h9-10H,5-8,12H2,1-4H3. The third-order valence-electron chi connectivity index (χ3n) is 3.22. The lowest BCUT2D eigenvalue weighted by molar-refractivity contribution is 0.134. The van der Waals surface area contributed by atoms with Crippen LogP contribution in [0.1, 0.15) is 40.5 Å². The molecule has 0 radical (unpaired) electrons. The van der Waals surface area contributed by atoms with Crippen LogP contribution in [0.4, 0.5) is 0 Å². The van der Waals surface area contributed by atoms with Crippen molar-refractivity contribution in [1.82, 2.24) is 4.90 Å². The lowest BCUT2D eigenvalue weighted by Crippen LogP contribution is -2.42. The van der Waals surface area contributed by atoms with E-state index in [0.717, 1.165) is 12.5 Å². The van der Waals surface area contributed by atoms with Crippen LogP contribution in [0.3, 0.4) is 0 Å². The maximum Gasteiger partial charge on any atom is 0.0159 e. The first kappa shape index (κ1) is 11.0. The number of hydrogen-bond acceptors (Lipinski definition) is 2. The van der Waals surface area contributed by atoms with E-state index in [-0.39, 0.29) is 0 Å². The lowest BCUT2D eigenvalue weighted by Gasteiger charge is -2.34. The average Bonchev–Trinajstić information content (AvgIpc) is 2.26. The monoisotopic (exact) mass is 184 g/mol. The summed E-state index contributed by atoms with van der Waals surface area (Å²) in [6.45, 7) is 11.3. The van der Waals surface area contributed by atoms with Crippen LogP contribution in [-0.2, 0) is 0 Å². The van der Waals surface area contributed by atoms with Crippen molar-refractivity contribution in [1.29, 1.82) is 0 Å². The van der Waals surface area contributed by atoms with Crippen molar-refractivity contribution in [2.45, 2.75) is 52.1 Å². The van der Waals surface area contributed by atoms with Gasteiger partial charge >= 0.3 is 0 Å². The Morgan fingerprint density at radius 3 is 2.46 bits per heavy atom. The molecule has 2 nitrogen and oxygen atoms in total. The van der Waals surface area contributed by atoms with Crippen molar-refractivity contribution in [3.63, 3.8) is 0 Å². The molecule has 1 unspecified atom stereocenters. The Kier molecular flexibility index (Phi) is 3.36. The Morgan fingerprint density at radius 2 is 2.08 bits per heavy atom. The van der Waals surface area contributed by atoms with E-state index in [1.807, 2.05) is 0 Å². The second-order valence-electron chi connectivity index (χ2n) is 5.21. The van der Waals surface area contributed by atoms with Crippen molar-refractivity contribution in [3.8, 4) is 0 Å². The Balaban J connectivity index is 2.57. The maximum absolute atomic E-state index is 5.60. The molecule has 0 amide bonds. The predicted octanol–water partition coefficient (Wildman–Crippen LogP) is 1.84. The van der Waals surface area contributed by atoms with Crippen LogP contribution in [0.5, 0.6) is 0 Å². The molecule has 13 heavy (non-hydrogen) atoms. The van der Waals surface area contributed by atoms with Crippen molar-refractivity contribution >= 4 is 0 Å². The van der Waals surface area contributed by atoms with Crippen LogP contribution in [-0.4, -0.2) is 29.6 Å². The molecule has 1 aliphatic heterocycles. The van der Waals surface area contributed by atoms with Gasteiger partial charge in [0.05, 0.1) is 0 Å². The molecule has 0 spiro atoms. The van der Waals surface area contributed by atoms with Crippen LogP contribution in [0.2, 0.25) is 0 Å². The minimum atomic E-state index is 0.383. The van der Waals surface area contributed by atoms with Crippen molar-refractivity contribution < 1.29 is 0 Å². The SMILES string of the molecule is CC(C)N1CC(CCN)CC1(C)C. The van der Waals surface area contributed by atoms with Gasteiger partial charge in [-0.15, -0.1) is 0 Å². The summed E-state index contributed by atoms with van der Waals surface area (Å²) in [6.07, 6.45) is 2.50. The highest BCUT2D eigenvalue weighted by Crippen LogP contribution is 2.35. The van der Waals surface area contributed by atoms with E-state index in [9.17, 15) is 0 Å². The quantitative estimate of drug-likeness (QED) is 0.725. The molecule has 1 saturated heterocycles. The molecule has 0 bridgehead atoms. The zero-order chi connectivity index (χ0) is 10.1. The topological polar surface area (TPSA) is 29.3 Å². The van der Waals surface area contributed by atoms with Crippen LogP contribution in [0.25, 0.3) is 0 Å².